The van der Waals surface area contributed by atoms with Crippen molar-refractivity contribution in [2.75, 3.05) is 13.2 Å². The second kappa shape index (κ2) is 7.03. The molecular weight excluding hydrogens is 300 g/mol. The van der Waals surface area contributed by atoms with Crippen molar-refractivity contribution in [3.05, 3.63) is 47.5 Å². The van der Waals surface area contributed by atoms with Crippen LogP contribution in [-0.4, -0.2) is 38.9 Å². The second-order valence-corrected chi connectivity index (χ2v) is 7.14. The van der Waals surface area contributed by atoms with E-state index in [1.807, 2.05) is 18.5 Å². The van der Waals surface area contributed by atoms with E-state index in [9.17, 15) is 0 Å². The Bertz CT molecular complexity index is 680. The van der Waals surface area contributed by atoms with E-state index in [1.54, 1.807) is 0 Å². The minimum absolute atomic E-state index is 0.423. The molecule has 2 aromatic heterocycles. The number of fused-ring (bicyclic) bond motifs is 1. The van der Waals surface area contributed by atoms with Gasteiger partial charge in [0.05, 0.1) is 18.0 Å². The van der Waals surface area contributed by atoms with Crippen LogP contribution in [0, 0.1) is 12.8 Å². The highest BCUT2D eigenvalue weighted by atomic mass is 16.5. The molecule has 0 spiro atoms. The van der Waals surface area contributed by atoms with Crippen LogP contribution in [0.25, 0.3) is 0 Å². The minimum atomic E-state index is 0.423. The molecule has 1 fully saturated rings. The second-order valence-electron chi connectivity index (χ2n) is 7.14. The standard InChI is InChI=1S/C19H26N4O/c1-15-3-2-8-20-19(15)12-22-11-17-6-9-21-23(17)10-7-18(22)14-24-13-16-4-5-16/h2-3,6,8-9,16,18H,4-5,7,10-14H2,1H3/t18-/m0/s1. The highest BCUT2D eigenvalue weighted by Gasteiger charge is 2.27. The fourth-order valence-electron chi connectivity index (χ4n) is 3.39. The number of ether oxygens (including phenoxy) is 1. The van der Waals surface area contributed by atoms with E-state index >= 15 is 0 Å². The van der Waals surface area contributed by atoms with Crippen LogP contribution in [0.2, 0.25) is 0 Å². The predicted molar refractivity (Wildman–Crippen MR) is 92.4 cm³/mol. The maximum Gasteiger partial charge on any atom is 0.0622 e. The Balaban J connectivity index is 1.49. The Labute approximate surface area is 143 Å². The zero-order chi connectivity index (χ0) is 16.4. The molecule has 0 radical (unpaired) electrons. The van der Waals surface area contributed by atoms with Crippen LogP contribution in [0.15, 0.2) is 30.6 Å². The molecule has 24 heavy (non-hydrogen) atoms. The maximum atomic E-state index is 6.03. The van der Waals surface area contributed by atoms with E-state index < -0.39 is 0 Å². The Morgan fingerprint density at radius 1 is 1.17 bits per heavy atom. The molecule has 1 atom stereocenters. The molecule has 3 heterocycles. The van der Waals surface area contributed by atoms with Crippen LogP contribution in [0.1, 0.15) is 36.2 Å². The molecule has 0 amide bonds. The van der Waals surface area contributed by atoms with Crippen molar-refractivity contribution in [2.24, 2.45) is 5.92 Å². The van der Waals surface area contributed by atoms with Crippen molar-refractivity contribution >= 4 is 0 Å². The highest BCUT2D eigenvalue weighted by Crippen LogP contribution is 2.29. The van der Waals surface area contributed by atoms with Gasteiger partial charge in [-0.3, -0.25) is 14.6 Å². The van der Waals surface area contributed by atoms with Crippen molar-refractivity contribution in [1.82, 2.24) is 19.7 Å². The van der Waals surface area contributed by atoms with Gasteiger partial charge in [0.2, 0.25) is 0 Å². The third kappa shape index (κ3) is 3.68. The van der Waals surface area contributed by atoms with E-state index in [0.717, 1.165) is 50.9 Å². The molecule has 0 unspecified atom stereocenters. The third-order valence-corrected chi connectivity index (χ3v) is 5.19. The summed E-state index contributed by atoms with van der Waals surface area (Å²) in [5.74, 6) is 0.817. The van der Waals surface area contributed by atoms with Gasteiger partial charge in [-0.15, -0.1) is 0 Å². The highest BCUT2D eigenvalue weighted by molar-refractivity contribution is 5.18. The number of nitrogens with zero attached hydrogens (tertiary/aromatic N) is 4. The first-order valence-electron chi connectivity index (χ1n) is 9.02. The summed E-state index contributed by atoms with van der Waals surface area (Å²) in [7, 11) is 0. The third-order valence-electron chi connectivity index (χ3n) is 5.19. The Morgan fingerprint density at radius 3 is 2.92 bits per heavy atom. The lowest BCUT2D eigenvalue weighted by Crippen LogP contribution is -2.37. The van der Waals surface area contributed by atoms with Crippen LogP contribution in [0.3, 0.4) is 0 Å². The Hall–Kier alpha value is -1.72. The first-order chi connectivity index (χ1) is 11.8. The molecule has 1 aliphatic heterocycles. The molecule has 1 aliphatic carbocycles. The van der Waals surface area contributed by atoms with Crippen LogP contribution in [0.4, 0.5) is 0 Å². The van der Waals surface area contributed by atoms with E-state index in [0.29, 0.717) is 6.04 Å². The van der Waals surface area contributed by atoms with Gasteiger partial charge in [-0.05, 0) is 49.8 Å². The number of aromatic nitrogens is 3. The molecule has 0 N–H and O–H groups in total. The molecule has 5 heteroatoms. The molecule has 2 aliphatic rings. The first-order valence-corrected chi connectivity index (χ1v) is 9.02. The topological polar surface area (TPSA) is 43.2 Å². The molecule has 0 saturated heterocycles. The summed E-state index contributed by atoms with van der Waals surface area (Å²) in [4.78, 5) is 7.11. The van der Waals surface area contributed by atoms with Crippen LogP contribution < -0.4 is 0 Å². The van der Waals surface area contributed by atoms with Crippen LogP contribution >= 0.6 is 0 Å². The number of hydrogen-bond acceptors (Lipinski definition) is 4. The lowest BCUT2D eigenvalue weighted by Gasteiger charge is -2.29. The number of rotatable bonds is 6. The molecule has 0 bridgehead atoms. The molecule has 2 aromatic rings. The van der Waals surface area contributed by atoms with Gasteiger partial charge in [0.15, 0.2) is 0 Å². The van der Waals surface area contributed by atoms with Crippen LogP contribution in [-0.2, 0) is 24.4 Å². The van der Waals surface area contributed by atoms with Crippen molar-refractivity contribution in [1.29, 1.82) is 0 Å². The van der Waals surface area contributed by atoms with Gasteiger partial charge in [-0.25, -0.2) is 0 Å². The van der Waals surface area contributed by atoms with Crippen molar-refractivity contribution in [3.8, 4) is 0 Å². The fraction of sp³-hybridized carbons (Fsp3) is 0.579. The maximum absolute atomic E-state index is 6.03. The first kappa shape index (κ1) is 15.8. The lowest BCUT2D eigenvalue weighted by atomic mass is 10.1. The van der Waals surface area contributed by atoms with Gasteiger partial charge in [0.25, 0.3) is 0 Å². The van der Waals surface area contributed by atoms with Gasteiger partial charge in [-0.2, -0.15) is 5.10 Å². The molecule has 5 nitrogen and oxygen atoms in total. The van der Waals surface area contributed by atoms with E-state index in [-0.39, 0.29) is 0 Å². The summed E-state index contributed by atoms with van der Waals surface area (Å²) in [5, 5.41) is 4.46. The van der Waals surface area contributed by atoms with Gasteiger partial charge in [0.1, 0.15) is 0 Å². The summed E-state index contributed by atoms with van der Waals surface area (Å²) in [5.41, 5.74) is 3.71. The Morgan fingerprint density at radius 2 is 2.08 bits per heavy atom. The van der Waals surface area contributed by atoms with Crippen molar-refractivity contribution in [2.45, 2.75) is 51.9 Å². The zero-order valence-corrected chi connectivity index (χ0v) is 14.4. The quantitative estimate of drug-likeness (QED) is 0.819. The summed E-state index contributed by atoms with van der Waals surface area (Å²) in [6.45, 7) is 6.63. The predicted octanol–water partition coefficient (Wildman–Crippen LogP) is 2.79. The smallest absolute Gasteiger partial charge is 0.0622 e. The minimum Gasteiger partial charge on any atom is -0.380 e. The van der Waals surface area contributed by atoms with Gasteiger partial charge < -0.3 is 4.74 Å². The van der Waals surface area contributed by atoms with Crippen molar-refractivity contribution < 1.29 is 4.74 Å². The molecule has 128 valence electrons. The average molecular weight is 326 g/mol. The summed E-state index contributed by atoms with van der Waals surface area (Å²) >= 11 is 0. The normalized spacial score (nSPS) is 21.5. The molecule has 1 saturated carbocycles. The summed E-state index contributed by atoms with van der Waals surface area (Å²) in [6, 6.07) is 6.70. The van der Waals surface area contributed by atoms with E-state index in [4.69, 9.17) is 4.74 Å². The number of aryl methyl sites for hydroxylation is 2. The lowest BCUT2D eigenvalue weighted by molar-refractivity contribution is 0.0444. The largest absolute Gasteiger partial charge is 0.380 e. The molecule has 4 rings (SSSR count). The fourth-order valence-corrected chi connectivity index (χ4v) is 3.39. The van der Waals surface area contributed by atoms with Gasteiger partial charge in [0, 0.05) is 44.7 Å². The monoisotopic (exact) mass is 326 g/mol. The Kier molecular flexibility index (Phi) is 4.63. The van der Waals surface area contributed by atoms with E-state index in [2.05, 4.69) is 38.7 Å². The van der Waals surface area contributed by atoms with E-state index in [1.165, 1.54) is 24.1 Å². The van der Waals surface area contributed by atoms with Gasteiger partial charge in [-0.1, -0.05) is 6.07 Å². The molecule has 0 aromatic carbocycles. The number of pyridine rings is 1. The van der Waals surface area contributed by atoms with Crippen molar-refractivity contribution in [3.63, 3.8) is 0 Å². The zero-order valence-electron chi connectivity index (χ0n) is 14.4. The van der Waals surface area contributed by atoms with Gasteiger partial charge >= 0.3 is 0 Å². The summed E-state index contributed by atoms with van der Waals surface area (Å²) in [6.07, 6.45) is 7.56. The number of hydrogen-bond donors (Lipinski definition) is 0. The van der Waals surface area contributed by atoms with Crippen LogP contribution in [0.5, 0.6) is 0 Å². The average Bonchev–Trinajstić information content (AvgIpc) is 3.33. The summed E-state index contributed by atoms with van der Waals surface area (Å²) < 4.78 is 8.17. The molecular formula is C19H26N4O. The SMILES string of the molecule is Cc1cccnc1CN1Cc2ccnn2CC[C@H]1COCC1CC1.